The van der Waals surface area contributed by atoms with Gasteiger partial charge in [0.15, 0.2) is 11.5 Å². The van der Waals surface area contributed by atoms with Crippen LogP contribution < -0.4 is 14.1 Å². The van der Waals surface area contributed by atoms with E-state index in [1.54, 1.807) is 6.07 Å². The van der Waals surface area contributed by atoms with E-state index in [9.17, 15) is 13.5 Å². The van der Waals surface area contributed by atoms with Gasteiger partial charge in [-0.25, -0.2) is 0 Å². The van der Waals surface area contributed by atoms with Gasteiger partial charge in [0.1, 0.15) is 0 Å². The topological polar surface area (TPSA) is 98.9 Å². The third-order valence-electron chi connectivity index (χ3n) is 7.62. The van der Waals surface area contributed by atoms with E-state index in [-0.39, 0.29) is 17.3 Å². The summed E-state index contributed by atoms with van der Waals surface area (Å²) in [5, 5.41) is 15.8. The molecule has 28 heavy (non-hydrogen) atoms. The Morgan fingerprint density at radius 3 is 2.64 bits per heavy atom. The van der Waals surface area contributed by atoms with Crippen molar-refractivity contribution in [1.82, 2.24) is 0 Å². The van der Waals surface area contributed by atoms with Crippen LogP contribution in [0.2, 0.25) is 0 Å². The van der Waals surface area contributed by atoms with Gasteiger partial charge < -0.3 is 14.0 Å². The molecule has 3 N–H and O–H groups in total. The summed E-state index contributed by atoms with van der Waals surface area (Å²) in [6.45, 7) is 4.50. The Morgan fingerprint density at radius 2 is 1.96 bits per heavy atom. The summed E-state index contributed by atoms with van der Waals surface area (Å²) in [5.74, 6) is 2.18. The third-order valence-corrected chi connectivity index (χ3v) is 8.04. The van der Waals surface area contributed by atoms with Gasteiger partial charge in [-0.3, -0.25) is 0 Å². The Labute approximate surface area is 167 Å². The lowest BCUT2D eigenvalue weighted by Crippen LogP contribution is -2.45. The highest BCUT2D eigenvalue weighted by atomic mass is 32.2. The fourth-order valence-electron chi connectivity index (χ4n) is 6.49. The molecule has 1 aromatic rings. The molecule has 0 aromatic heterocycles. The minimum absolute atomic E-state index is 0.0814. The molecule has 2 fully saturated rings. The molecule has 0 saturated heterocycles. The molecule has 1 aromatic carbocycles. The molecule has 7 heteroatoms. The zero-order valence-electron chi connectivity index (χ0n) is 16.7. The molecule has 6 nitrogen and oxygen atoms in total. The van der Waals surface area contributed by atoms with Crippen molar-refractivity contribution in [3.63, 3.8) is 0 Å². The van der Waals surface area contributed by atoms with Crippen molar-refractivity contribution in [2.75, 3.05) is 6.61 Å². The molecule has 5 atom stereocenters. The zero-order valence-corrected chi connectivity index (χ0v) is 17.5. The Balaban J connectivity index is 1.71. The summed E-state index contributed by atoms with van der Waals surface area (Å²) in [6.07, 6.45) is 6.95. The minimum Gasteiger partial charge on any atom is -0.490 e. The Kier molecular flexibility index (Phi) is 5.13. The van der Waals surface area contributed by atoms with Gasteiger partial charge in [-0.05, 0) is 98.3 Å². The van der Waals surface area contributed by atoms with E-state index in [0.29, 0.717) is 30.1 Å². The van der Waals surface area contributed by atoms with Crippen LogP contribution in [0.1, 0.15) is 69.4 Å². The summed E-state index contributed by atoms with van der Waals surface area (Å²) in [4.78, 5) is 0. The summed E-state index contributed by atoms with van der Waals surface area (Å²) in [5.41, 5.74) is 2.47. The number of nitrogens with two attached hydrogens (primary N) is 1. The molecule has 0 spiro atoms. The number of aliphatic hydroxyl groups excluding tert-OH is 1. The van der Waals surface area contributed by atoms with Gasteiger partial charge >= 0.3 is 10.3 Å². The monoisotopic (exact) mass is 409 g/mol. The van der Waals surface area contributed by atoms with Crippen LogP contribution in [0, 0.1) is 17.3 Å². The Hall–Kier alpha value is -1.31. The van der Waals surface area contributed by atoms with E-state index in [1.165, 1.54) is 5.56 Å². The van der Waals surface area contributed by atoms with Crippen LogP contribution in [0.25, 0.3) is 0 Å². The van der Waals surface area contributed by atoms with Crippen LogP contribution in [-0.4, -0.2) is 26.2 Å². The first-order chi connectivity index (χ1) is 13.3. The van der Waals surface area contributed by atoms with Gasteiger partial charge in [0.2, 0.25) is 0 Å². The van der Waals surface area contributed by atoms with Crippen molar-refractivity contribution < 1.29 is 22.4 Å². The van der Waals surface area contributed by atoms with Crippen LogP contribution in [0.15, 0.2) is 12.1 Å². The number of fused-ring (bicyclic) bond motifs is 5. The maximum absolute atomic E-state index is 11.5. The molecule has 3 aliphatic rings. The van der Waals surface area contributed by atoms with Crippen LogP contribution >= 0.6 is 0 Å². The highest BCUT2D eigenvalue weighted by molar-refractivity contribution is 7.84. The van der Waals surface area contributed by atoms with Gasteiger partial charge in [0.05, 0.1) is 12.7 Å². The maximum Gasteiger partial charge on any atom is 0.380 e. The van der Waals surface area contributed by atoms with Crippen molar-refractivity contribution in [3.8, 4) is 11.5 Å². The van der Waals surface area contributed by atoms with Crippen LogP contribution in [-0.2, 0) is 16.7 Å². The SMILES string of the molecule is CCOc1cc2c(cc1OS(N)(=O)=O)CC[C@@H]1[C@@H]2CC[C@]2(CC)[C@H](O)CC[C@@H]12. The summed E-state index contributed by atoms with van der Waals surface area (Å²) < 4.78 is 33.6. The highest BCUT2D eigenvalue weighted by Crippen LogP contribution is 2.62. The second-order valence-corrected chi connectivity index (χ2v) is 9.79. The molecule has 0 radical (unpaired) electrons. The number of ether oxygens (including phenoxy) is 1. The van der Waals surface area contributed by atoms with Gasteiger partial charge in [0, 0.05) is 0 Å². The molecule has 3 aliphatic carbocycles. The number of benzene rings is 1. The number of aliphatic hydroxyl groups is 1. The normalized spacial score (nSPS) is 34.3. The van der Waals surface area contributed by atoms with Gasteiger partial charge in [-0.2, -0.15) is 13.6 Å². The Bertz CT molecular complexity index is 855. The van der Waals surface area contributed by atoms with Crippen molar-refractivity contribution in [1.29, 1.82) is 0 Å². The van der Waals surface area contributed by atoms with E-state index >= 15 is 0 Å². The second-order valence-electron chi connectivity index (χ2n) is 8.64. The molecule has 156 valence electrons. The molecule has 0 heterocycles. The lowest BCUT2D eigenvalue weighted by atomic mass is 9.54. The average molecular weight is 410 g/mol. The van der Waals surface area contributed by atoms with E-state index in [4.69, 9.17) is 14.1 Å². The largest absolute Gasteiger partial charge is 0.490 e. The molecule has 2 saturated carbocycles. The van der Waals surface area contributed by atoms with E-state index in [1.807, 2.05) is 13.0 Å². The van der Waals surface area contributed by atoms with Crippen LogP contribution in [0.4, 0.5) is 0 Å². The number of aryl methyl sites for hydroxylation is 1. The maximum atomic E-state index is 11.5. The lowest BCUT2D eigenvalue weighted by molar-refractivity contribution is -0.0394. The fraction of sp³-hybridized carbons (Fsp3) is 0.714. The van der Waals surface area contributed by atoms with Crippen molar-refractivity contribution in [2.24, 2.45) is 22.4 Å². The van der Waals surface area contributed by atoms with Gasteiger partial charge in [-0.15, -0.1) is 0 Å². The quantitative estimate of drug-likeness (QED) is 0.778. The number of hydrogen-bond donors (Lipinski definition) is 2. The molecule has 0 amide bonds. The molecule has 0 aliphatic heterocycles. The molecule has 0 bridgehead atoms. The Morgan fingerprint density at radius 1 is 1.18 bits per heavy atom. The first kappa shape index (κ1) is 20.0. The fourth-order valence-corrected chi connectivity index (χ4v) is 6.87. The number of hydrogen-bond acceptors (Lipinski definition) is 5. The molecular weight excluding hydrogens is 378 g/mol. The van der Waals surface area contributed by atoms with Crippen molar-refractivity contribution >= 4 is 10.3 Å². The van der Waals surface area contributed by atoms with Crippen LogP contribution in [0.3, 0.4) is 0 Å². The first-order valence-electron chi connectivity index (χ1n) is 10.5. The molecular formula is C21H31NO5S. The minimum atomic E-state index is -4.11. The van der Waals surface area contributed by atoms with E-state index in [0.717, 1.165) is 50.5 Å². The highest BCUT2D eigenvalue weighted by Gasteiger charge is 2.56. The van der Waals surface area contributed by atoms with Crippen molar-refractivity contribution in [3.05, 3.63) is 23.3 Å². The van der Waals surface area contributed by atoms with E-state index < -0.39 is 10.3 Å². The summed E-state index contributed by atoms with van der Waals surface area (Å²) in [6, 6.07) is 3.77. The first-order valence-corrected chi connectivity index (χ1v) is 12.0. The molecule has 4 rings (SSSR count). The summed E-state index contributed by atoms with van der Waals surface area (Å²) in [7, 11) is -4.11. The smallest absolute Gasteiger partial charge is 0.380 e. The van der Waals surface area contributed by atoms with Crippen molar-refractivity contribution in [2.45, 2.75) is 70.8 Å². The predicted molar refractivity (Wildman–Crippen MR) is 107 cm³/mol. The van der Waals surface area contributed by atoms with Crippen LogP contribution in [0.5, 0.6) is 11.5 Å². The van der Waals surface area contributed by atoms with Gasteiger partial charge in [0.25, 0.3) is 0 Å². The standard InChI is InChI=1S/C21H31NO5S/c1-3-21-10-9-14-15(17(21)7-8-20(21)23)6-5-13-11-19(27-28(22,24)25)18(26-4-2)12-16(13)14/h11-12,14-15,17,20,23H,3-10H2,1-2H3,(H2,22,24,25)/t14-,15+,17-,20+,21-/m0/s1. The lowest BCUT2D eigenvalue weighted by Gasteiger charge is -2.51. The number of rotatable bonds is 5. The summed E-state index contributed by atoms with van der Waals surface area (Å²) >= 11 is 0. The zero-order chi connectivity index (χ0) is 20.1. The predicted octanol–water partition coefficient (Wildman–Crippen LogP) is 3.27. The average Bonchev–Trinajstić information content (AvgIpc) is 2.98. The van der Waals surface area contributed by atoms with Gasteiger partial charge in [-0.1, -0.05) is 6.92 Å². The van der Waals surface area contributed by atoms with E-state index in [2.05, 4.69) is 6.92 Å². The third kappa shape index (κ3) is 3.21. The molecule has 0 unspecified atom stereocenters. The second kappa shape index (κ2) is 7.18.